The van der Waals surface area contributed by atoms with Crippen LogP contribution in [0.1, 0.15) is 32.0 Å². The van der Waals surface area contributed by atoms with Gasteiger partial charge in [-0.05, 0) is 65.3 Å². The Morgan fingerprint density at radius 3 is 2.49 bits per heavy atom. The molecule has 5 aromatic rings. The van der Waals surface area contributed by atoms with E-state index in [1.807, 2.05) is 19.1 Å². The molecular weight excluding hydrogens is 717 g/mol. The molecular formula is C30H18Br2Cl3N3O3. The van der Waals surface area contributed by atoms with E-state index in [4.69, 9.17) is 39.5 Å². The van der Waals surface area contributed by atoms with Crippen molar-refractivity contribution in [3.8, 4) is 16.9 Å². The van der Waals surface area contributed by atoms with E-state index in [1.54, 1.807) is 60.7 Å². The van der Waals surface area contributed by atoms with E-state index in [-0.39, 0.29) is 11.4 Å². The number of nitrogens with one attached hydrogen (secondary N) is 2. The minimum absolute atomic E-state index is 0.191. The zero-order chi connectivity index (χ0) is 29.3. The Bertz CT molecular complexity index is 1870. The maximum Gasteiger partial charge on any atom is 0.343 e. The Kier molecular flexibility index (Phi) is 8.87. The topological polar surface area (TPSA) is 83.5 Å². The lowest BCUT2D eigenvalue weighted by Crippen LogP contribution is -2.19. The van der Waals surface area contributed by atoms with Crippen molar-refractivity contribution in [2.45, 2.75) is 6.92 Å². The molecule has 5 rings (SSSR count). The number of rotatable bonds is 6. The molecule has 0 fully saturated rings. The van der Waals surface area contributed by atoms with E-state index >= 15 is 0 Å². The van der Waals surface area contributed by atoms with Gasteiger partial charge in [-0.3, -0.25) is 4.79 Å². The molecule has 0 aliphatic heterocycles. The summed E-state index contributed by atoms with van der Waals surface area (Å²) in [6.45, 7) is 1.89. The predicted molar refractivity (Wildman–Crippen MR) is 172 cm³/mol. The number of aryl methyl sites for hydroxylation is 1. The van der Waals surface area contributed by atoms with Gasteiger partial charge in [0.05, 0.1) is 21.3 Å². The number of fused-ring (bicyclic) bond motifs is 1. The molecule has 0 aliphatic rings. The summed E-state index contributed by atoms with van der Waals surface area (Å²) >= 11 is 26.2. The van der Waals surface area contributed by atoms with Crippen molar-refractivity contribution in [2.75, 3.05) is 0 Å². The van der Waals surface area contributed by atoms with Gasteiger partial charge in [0.2, 0.25) is 0 Å². The lowest BCUT2D eigenvalue weighted by Gasteiger charge is -2.11. The quantitative estimate of drug-likeness (QED) is 0.0789. The van der Waals surface area contributed by atoms with Crippen molar-refractivity contribution in [1.29, 1.82) is 0 Å². The molecule has 0 atom stereocenters. The van der Waals surface area contributed by atoms with E-state index < -0.39 is 11.9 Å². The Morgan fingerprint density at radius 2 is 1.73 bits per heavy atom. The number of carbonyl (C=O) groups is 2. The number of halogens is 5. The van der Waals surface area contributed by atoms with Gasteiger partial charge >= 0.3 is 5.97 Å². The highest BCUT2D eigenvalue weighted by Crippen LogP contribution is 2.41. The predicted octanol–water partition coefficient (Wildman–Crippen LogP) is 9.61. The molecule has 0 aliphatic carbocycles. The van der Waals surface area contributed by atoms with E-state index in [0.717, 1.165) is 5.56 Å². The second kappa shape index (κ2) is 12.4. The van der Waals surface area contributed by atoms with Crippen LogP contribution in [-0.2, 0) is 0 Å². The standard InChI is InChI=1S/C30H18Br2Cl3N3O3/c1-15-5-4-6-16(9-15)30(40)41-28-17(10-18(31)11-21(28)32)14-36-38-29(39)27-25(20-7-2-3-8-22(20)34)26-23(35)12-19(33)13-24(26)37-27/h2-14,37H,1H3,(H,38,39). The van der Waals surface area contributed by atoms with Crippen LogP contribution in [0.25, 0.3) is 22.0 Å². The number of aromatic amines is 1. The maximum atomic E-state index is 13.4. The van der Waals surface area contributed by atoms with Gasteiger partial charge in [0.1, 0.15) is 5.69 Å². The number of H-pyrrole nitrogens is 1. The summed E-state index contributed by atoms with van der Waals surface area (Å²) < 4.78 is 6.93. The molecule has 0 spiro atoms. The number of hydrogen-bond donors (Lipinski definition) is 2. The molecule has 1 heterocycles. The molecule has 41 heavy (non-hydrogen) atoms. The molecule has 0 saturated carbocycles. The fourth-order valence-electron chi connectivity index (χ4n) is 4.28. The van der Waals surface area contributed by atoms with Crippen molar-refractivity contribution in [1.82, 2.24) is 10.4 Å². The molecule has 6 nitrogen and oxygen atoms in total. The van der Waals surface area contributed by atoms with Crippen LogP contribution in [0.3, 0.4) is 0 Å². The van der Waals surface area contributed by atoms with Gasteiger partial charge in [0.15, 0.2) is 5.75 Å². The highest BCUT2D eigenvalue weighted by molar-refractivity contribution is 9.11. The third kappa shape index (κ3) is 6.37. The second-order valence-electron chi connectivity index (χ2n) is 8.93. The summed E-state index contributed by atoms with van der Waals surface area (Å²) in [6.07, 6.45) is 1.38. The highest BCUT2D eigenvalue weighted by atomic mass is 79.9. The zero-order valence-corrected chi connectivity index (χ0v) is 26.5. The Morgan fingerprint density at radius 1 is 0.951 bits per heavy atom. The molecule has 11 heteroatoms. The molecule has 0 radical (unpaired) electrons. The highest BCUT2D eigenvalue weighted by Gasteiger charge is 2.23. The van der Waals surface area contributed by atoms with Crippen LogP contribution < -0.4 is 10.2 Å². The summed E-state index contributed by atoms with van der Waals surface area (Å²) in [5, 5.41) is 5.96. The number of ether oxygens (including phenoxy) is 1. The second-order valence-corrected chi connectivity index (χ2v) is 11.9. The summed E-state index contributed by atoms with van der Waals surface area (Å²) in [6, 6.07) is 20.9. The van der Waals surface area contributed by atoms with Gasteiger partial charge in [0.25, 0.3) is 5.91 Å². The fraction of sp³-hybridized carbons (Fsp3) is 0.0333. The fourth-order valence-corrected chi connectivity index (χ4v) is 6.43. The minimum Gasteiger partial charge on any atom is -0.421 e. The first-order valence-electron chi connectivity index (χ1n) is 12.0. The van der Waals surface area contributed by atoms with E-state index in [2.05, 4.69) is 47.4 Å². The van der Waals surface area contributed by atoms with Crippen molar-refractivity contribution in [2.24, 2.45) is 5.10 Å². The van der Waals surface area contributed by atoms with Gasteiger partial charge < -0.3 is 9.72 Å². The van der Waals surface area contributed by atoms with E-state index in [9.17, 15) is 9.59 Å². The number of hydrogen-bond acceptors (Lipinski definition) is 4. The smallest absolute Gasteiger partial charge is 0.343 e. The van der Waals surface area contributed by atoms with Gasteiger partial charge in [-0.15, -0.1) is 0 Å². The molecule has 0 saturated heterocycles. The third-order valence-electron chi connectivity index (χ3n) is 6.04. The lowest BCUT2D eigenvalue weighted by molar-refractivity contribution is 0.0732. The van der Waals surface area contributed by atoms with Crippen molar-refractivity contribution < 1.29 is 14.3 Å². The summed E-state index contributed by atoms with van der Waals surface area (Å²) in [7, 11) is 0. The average molecular weight is 735 g/mol. The van der Waals surface area contributed by atoms with Crippen LogP contribution in [0.5, 0.6) is 5.75 Å². The van der Waals surface area contributed by atoms with Gasteiger partial charge in [-0.25, -0.2) is 10.2 Å². The van der Waals surface area contributed by atoms with Gasteiger partial charge in [-0.2, -0.15) is 5.10 Å². The van der Waals surface area contributed by atoms with Crippen molar-refractivity contribution in [3.05, 3.63) is 119 Å². The largest absolute Gasteiger partial charge is 0.421 e. The van der Waals surface area contributed by atoms with Gasteiger partial charge in [-0.1, -0.05) is 86.6 Å². The normalized spacial score (nSPS) is 11.3. The summed E-state index contributed by atoms with van der Waals surface area (Å²) in [5.74, 6) is -0.846. The number of esters is 1. The summed E-state index contributed by atoms with van der Waals surface area (Å²) in [5.41, 5.74) is 6.18. The molecule has 4 aromatic carbocycles. The zero-order valence-electron chi connectivity index (χ0n) is 21.1. The number of nitrogens with zero attached hydrogens (tertiary/aromatic N) is 1. The third-order valence-corrected chi connectivity index (χ3v) is 7.93. The Hall–Kier alpha value is -3.14. The average Bonchev–Trinajstić information content (AvgIpc) is 3.30. The van der Waals surface area contributed by atoms with E-state index in [1.165, 1.54) is 6.21 Å². The van der Waals surface area contributed by atoms with Crippen LogP contribution in [0.2, 0.25) is 15.1 Å². The van der Waals surface area contributed by atoms with E-state index in [0.29, 0.717) is 57.2 Å². The number of aromatic nitrogens is 1. The molecule has 206 valence electrons. The van der Waals surface area contributed by atoms with Crippen molar-refractivity contribution >= 4 is 95.7 Å². The van der Waals surface area contributed by atoms with Crippen LogP contribution in [0, 0.1) is 6.92 Å². The van der Waals surface area contributed by atoms with Gasteiger partial charge in [0, 0.05) is 42.1 Å². The van der Waals surface area contributed by atoms with Crippen LogP contribution in [-0.4, -0.2) is 23.1 Å². The molecule has 1 amide bonds. The maximum absolute atomic E-state index is 13.4. The molecule has 0 bridgehead atoms. The molecule has 1 aromatic heterocycles. The first-order valence-corrected chi connectivity index (χ1v) is 14.7. The van der Waals surface area contributed by atoms with Crippen LogP contribution in [0.15, 0.2) is 86.8 Å². The number of hydrazone groups is 1. The first-order chi connectivity index (χ1) is 19.6. The number of amides is 1. The molecule has 2 N–H and O–H groups in total. The summed E-state index contributed by atoms with van der Waals surface area (Å²) in [4.78, 5) is 29.4. The SMILES string of the molecule is Cc1cccc(C(=O)Oc2c(Br)cc(Br)cc2C=NNC(=O)c2[nH]c3cc(Cl)cc(Cl)c3c2-c2ccccc2Cl)c1. The first kappa shape index (κ1) is 29.4. The van der Waals surface area contributed by atoms with Crippen LogP contribution in [0.4, 0.5) is 0 Å². The number of benzene rings is 4. The lowest BCUT2D eigenvalue weighted by atomic mass is 10.0. The minimum atomic E-state index is -0.549. The molecule has 0 unspecified atom stereocenters. The number of carbonyl (C=O) groups excluding carboxylic acids is 2. The monoisotopic (exact) mass is 731 g/mol. The van der Waals surface area contributed by atoms with Crippen molar-refractivity contribution in [3.63, 3.8) is 0 Å². The van der Waals surface area contributed by atoms with Crippen LogP contribution >= 0.6 is 66.7 Å². The Balaban J connectivity index is 1.48. The Labute approximate surface area is 266 Å².